The largest absolute Gasteiger partial charge is 0.454 e. The minimum absolute atomic E-state index is 0.0883. The molecular weight excluding hydrogens is 502 g/mol. The van der Waals surface area contributed by atoms with Crippen LogP contribution < -0.4 is 9.47 Å². The summed E-state index contributed by atoms with van der Waals surface area (Å²) in [7, 11) is 0. The first-order chi connectivity index (χ1) is 13.4. The molecule has 2 rings (SSSR count). The van der Waals surface area contributed by atoms with Gasteiger partial charge in [-0.15, -0.1) is 0 Å². The zero-order valence-electron chi connectivity index (χ0n) is 14.9. The number of nitroso groups, excluding NO2 is 1. The third-order valence-electron chi connectivity index (χ3n) is 3.65. The molecule has 2 aromatic carbocycles. The number of alkyl halides is 4. The van der Waals surface area contributed by atoms with Crippen molar-refractivity contribution in [3.63, 3.8) is 0 Å². The maximum absolute atomic E-state index is 12.9. The molecule has 29 heavy (non-hydrogen) atoms. The number of rotatable bonds is 6. The molecule has 0 aliphatic carbocycles. The molecule has 0 radical (unpaired) electrons. The van der Waals surface area contributed by atoms with Crippen LogP contribution in [0.15, 0.2) is 35.5 Å². The molecular formula is C18H13BrCl2F3NO4. The molecule has 0 saturated heterocycles. The summed E-state index contributed by atoms with van der Waals surface area (Å²) in [5, 5.41) is 2.32. The van der Waals surface area contributed by atoms with Crippen molar-refractivity contribution in [2.24, 2.45) is 5.18 Å². The number of hydrogen-bond acceptors (Lipinski definition) is 5. The summed E-state index contributed by atoms with van der Waals surface area (Å²) in [6.45, 7) is 2.86. The molecule has 0 heterocycles. The van der Waals surface area contributed by atoms with Gasteiger partial charge in [0.2, 0.25) is 0 Å². The van der Waals surface area contributed by atoms with E-state index < -0.39 is 28.6 Å². The third-order valence-corrected chi connectivity index (χ3v) is 4.71. The Bertz CT molecular complexity index is 915. The van der Waals surface area contributed by atoms with Crippen LogP contribution in [0.25, 0.3) is 0 Å². The van der Waals surface area contributed by atoms with Crippen molar-refractivity contribution >= 4 is 45.1 Å². The van der Waals surface area contributed by atoms with Crippen LogP contribution in [0.3, 0.4) is 0 Å². The number of hydrogen-bond donors (Lipinski definition) is 0. The van der Waals surface area contributed by atoms with Crippen LogP contribution >= 0.6 is 39.1 Å². The Kier molecular flexibility index (Phi) is 7.53. The molecule has 0 aromatic heterocycles. The highest BCUT2D eigenvalue weighted by Crippen LogP contribution is 2.43. The van der Waals surface area contributed by atoms with E-state index in [1.54, 1.807) is 6.92 Å². The summed E-state index contributed by atoms with van der Waals surface area (Å²) in [4.78, 5) is 22.2. The van der Waals surface area contributed by atoms with Gasteiger partial charge in [0, 0.05) is 17.3 Å². The molecule has 0 amide bonds. The Morgan fingerprint density at radius 3 is 2.21 bits per heavy atom. The van der Waals surface area contributed by atoms with Gasteiger partial charge in [-0.3, -0.25) is 4.79 Å². The van der Waals surface area contributed by atoms with Gasteiger partial charge in [0.1, 0.15) is 17.5 Å². The lowest BCUT2D eigenvalue weighted by Crippen LogP contribution is -2.11. The fourth-order valence-corrected chi connectivity index (χ4v) is 3.34. The van der Waals surface area contributed by atoms with Gasteiger partial charge in [0.25, 0.3) is 0 Å². The van der Waals surface area contributed by atoms with Gasteiger partial charge in [-0.2, -0.15) is 18.1 Å². The van der Waals surface area contributed by atoms with E-state index in [2.05, 4.69) is 21.1 Å². The molecule has 0 bridgehead atoms. The SMILES string of the molecule is CC(=O)Oc1ccc(Oc2c(Cl)cc(C(F)(F)F)cc2Cl)cc1C(N=O)C(C)Br. The maximum Gasteiger partial charge on any atom is 0.416 e. The standard InChI is InChI=1S/C18H13BrCl2F3NO4/c1-8(19)16(25-27)12-7-11(3-4-15(12)28-9(2)26)29-17-13(20)5-10(6-14(17)21)18(22,23)24/h3-8,16H,1-2H3. The first-order valence-electron chi connectivity index (χ1n) is 7.97. The van der Waals surface area contributed by atoms with Crippen LogP contribution in [0, 0.1) is 4.91 Å². The normalized spacial score (nSPS) is 13.5. The lowest BCUT2D eigenvalue weighted by molar-refractivity contribution is -0.137. The molecule has 2 unspecified atom stereocenters. The van der Waals surface area contributed by atoms with E-state index in [1.165, 1.54) is 25.1 Å². The monoisotopic (exact) mass is 513 g/mol. The highest BCUT2D eigenvalue weighted by Gasteiger charge is 2.32. The predicted molar refractivity (Wildman–Crippen MR) is 106 cm³/mol. The Morgan fingerprint density at radius 1 is 1.17 bits per heavy atom. The van der Waals surface area contributed by atoms with Gasteiger partial charge in [0.05, 0.1) is 15.6 Å². The van der Waals surface area contributed by atoms with Gasteiger partial charge >= 0.3 is 12.1 Å². The summed E-state index contributed by atoms with van der Waals surface area (Å²) >= 11 is 15.1. The van der Waals surface area contributed by atoms with Crippen LogP contribution in [0.5, 0.6) is 17.2 Å². The predicted octanol–water partition coefficient (Wildman–Crippen LogP) is 7.32. The Hall–Kier alpha value is -1.84. The van der Waals surface area contributed by atoms with Gasteiger partial charge in [-0.1, -0.05) is 51.2 Å². The van der Waals surface area contributed by atoms with Crippen LogP contribution in [-0.4, -0.2) is 10.8 Å². The second-order valence-electron chi connectivity index (χ2n) is 5.89. The van der Waals surface area contributed by atoms with Crippen molar-refractivity contribution in [1.82, 2.24) is 0 Å². The van der Waals surface area contributed by atoms with Gasteiger partial charge < -0.3 is 9.47 Å². The minimum atomic E-state index is -4.63. The van der Waals surface area contributed by atoms with Gasteiger partial charge in [-0.25, -0.2) is 0 Å². The molecule has 0 aliphatic rings. The molecule has 2 aromatic rings. The molecule has 2 atom stereocenters. The number of carbonyl (C=O) groups excluding carboxylic acids is 1. The molecule has 11 heteroatoms. The number of benzene rings is 2. The molecule has 0 N–H and O–H groups in total. The van der Waals surface area contributed by atoms with E-state index in [-0.39, 0.29) is 32.9 Å². The first kappa shape index (κ1) is 23.4. The van der Waals surface area contributed by atoms with Gasteiger partial charge in [0.15, 0.2) is 5.75 Å². The van der Waals surface area contributed by atoms with E-state index in [0.29, 0.717) is 12.1 Å². The summed E-state index contributed by atoms with van der Waals surface area (Å²) < 4.78 is 49.2. The zero-order valence-corrected chi connectivity index (χ0v) is 18.0. The summed E-state index contributed by atoms with van der Waals surface area (Å²) in [6.07, 6.45) is -4.63. The Balaban J connectivity index is 2.49. The second kappa shape index (κ2) is 9.32. The fraction of sp³-hybridized carbons (Fsp3) is 0.278. The minimum Gasteiger partial charge on any atom is -0.454 e. The van der Waals surface area contributed by atoms with Crippen LogP contribution in [0.4, 0.5) is 13.2 Å². The topological polar surface area (TPSA) is 65.0 Å². The Morgan fingerprint density at radius 2 is 1.76 bits per heavy atom. The zero-order chi connectivity index (χ0) is 21.9. The molecule has 0 saturated carbocycles. The van der Waals surface area contributed by atoms with E-state index in [1.807, 2.05) is 0 Å². The van der Waals surface area contributed by atoms with Crippen LogP contribution in [0.2, 0.25) is 10.0 Å². The Labute approximate surface area is 182 Å². The number of ether oxygens (including phenoxy) is 2. The molecule has 156 valence electrons. The average molecular weight is 515 g/mol. The number of nitrogens with zero attached hydrogens (tertiary/aromatic N) is 1. The maximum atomic E-state index is 12.9. The van der Waals surface area contributed by atoms with E-state index in [4.69, 9.17) is 32.7 Å². The highest BCUT2D eigenvalue weighted by molar-refractivity contribution is 9.09. The quantitative estimate of drug-likeness (QED) is 0.175. The lowest BCUT2D eigenvalue weighted by Gasteiger charge is -2.18. The van der Waals surface area contributed by atoms with Crippen LogP contribution in [0.1, 0.15) is 31.0 Å². The van der Waals surface area contributed by atoms with Crippen molar-refractivity contribution in [2.45, 2.75) is 30.9 Å². The summed E-state index contributed by atoms with van der Waals surface area (Å²) in [6, 6.07) is 4.55. The number of esters is 1. The second-order valence-corrected chi connectivity index (χ2v) is 8.15. The van der Waals surface area contributed by atoms with E-state index >= 15 is 0 Å². The summed E-state index contributed by atoms with van der Waals surface area (Å²) in [5.74, 6) is -0.623. The molecule has 0 spiro atoms. The lowest BCUT2D eigenvalue weighted by atomic mass is 10.0. The fourth-order valence-electron chi connectivity index (χ4n) is 2.40. The van der Waals surface area contributed by atoms with Crippen molar-refractivity contribution in [1.29, 1.82) is 0 Å². The molecule has 0 aliphatic heterocycles. The van der Waals surface area contributed by atoms with Crippen molar-refractivity contribution in [2.75, 3.05) is 0 Å². The summed E-state index contributed by atoms with van der Waals surface area (Å²) in [5.41, 5.74) is -0.791. The van der Waals surface area contributed by atoms with E-state index in [0.717, 1.165) is 0 Å². The van der Waals surface area contributed by atoms with Crippen molar-refractivity contribution in [3.05, 3.63) is 56.4 Å². The third kappa shape index (κ3) is 5.83. The molecule has 0 fully saturated rings. The van der Waals surface area contributed by atoms with Gasteiger partial charge in [-0.05, 0) is 30.3 Å². The van der Waals surface area contributed by atoms with E-state index in [9.17, 15) is 22.9 Å². The number of carbonyl (C=O) groups is 1. The average Bonchev–Trinajstić information content (AvgIpc) is 2.59. The van der Waals surface area contributed by atoms with Crippen molar-refractivity contribution < 1.29 is 27.4 Å². The first-order valence-corrected chi connectivity index (χ1v) is 9.64. The van der Waals surface area contributed by atoms with Crippen LogP contribution in [-0.2, 0) is 11.0 Å². The molecule has 5 nitrogen and oxygen atoms in total. The number of halogens is 6. The highest BCUT2D eigenvalue weighted by atomic mass is 79.9. The smallest absolute Gasteiger partial charge is 0.416 e. The van der Waals surface area contributed by atoms with Crippen molar-refractivity contribution in [3.8, 4) is 17.2 Å².